The number of phenols is 1. The molecule has 6 heteroatoms. The Hall–Kier alpha value is -2.58. The number of rotatable bonds is 3. The van der Waals surface area contributed by atoms with E-state index in [4.69, 9.17) is 10.00 Å². The highest BCUT2D eigenvalue weighted by Gasteiger charge is 2.18. The number of carbonyl (C=O) groups is 1. The lowest BCUT2D eigenvalue weighted by molar-refractivity contribution is 0.0527. The molecule has 0 aliphatic rings. The smallest absolute Gasteiger partial charge is 0.340 e. The van der Waals surface area contributed by atoms with Crippen molar-refractivity contribution in [1.82, 2.24) is 4.98 Å². The fourth-order valence-electron chi connectivity index (χ4n) is 1.82. The number of pyridine rings is 1. The van der Waals surface area contributed by atoms with Crippen LogP contribution < -0.4 is 0 Å². The number of hydrogen-bond acceptors (Lipinski definition) is 5. The van der Waals surface area contributed by atoms with Gasteiger partial charge in [0.05, 0.1) is 23.4 Å². The molecule has 1 aromatic heterocycles. The average Bonchev–Trinajstić information content (AvgIpc) is 2.48. The van der Waals surface area contributed by atoms with Crippen LogP contribution in [0.5, 0.6) is 5.75 Å². The maximum Gasteiger partial charge on any atom is 0.340 e. The topological polar surface area (TPSA) is 83.2 Å². The maximum atomic E-state index is 11.9. The summed E-state index contributed by atoms with van der Waals surface area (Å²) >= 11 is 0. The molecular weight excluding hydrogens is 292 g/mol. The molecule has 0 saturated heterocycles. The summed E-state index contributed by atoms with van der Waals surface area (Å²) in [5, 5.41) is 19.0. The molecule has 1 aromatic carbocycles. The van der Waals surface area contributed by atoms with E-state index in [1.165, 1.54) is 12.3 Å². The quantitative estimate of drug-likeness (QED) is 0.881. The fourth-order valence-corrected chi connectivity index (χ4v) is 1.82. The molecule has 0 bridgehead atoms. The zero-order valence-electron chi connectivity index (χ0n) is 11.2. The number of esters is 1. The molecular formula is C15H13ClN2O3. The highest BCUT2D eigenvalue weighted by atomic mass is 35.5. The second-order valence-electron chi connectivity index (χ2n) is 3.93. The number of carbonyl (C=O) groups excluding carboxylic acids is 1. The predicted molar refractivity (Wildman–Crippen MR) is 79.3 cm³/mol. The summed E-state index contributed by atoms with van der Waals surface area (Å²) in [5.41, 5.74) is 0.996. The first-order valence-electron chi connectivity index (χ1n) is 6.03. The third-order valence-corrected chi connectivity index (χ3v) is 2.71. The van der Waals surface area contributed by atoms with E-state index < -0.39 is 5.97 Å². The Kier molecular flexibility index (Phi) is 5.70. The standard InChI is InChI=1S/C15H12N2O3.ClH/c1-2-20-15(19)12-7-4-8-17-13(12)11-6-3-5-10(9-16)14(11)18;/h3-8,18H,2H2,1H3;1H. The normalized spacial score (nSPS) is 9.33. The van der Waals surface area contributed by atoms with Gasteiger partial charge in [0.2, 0.25) is 0 Å². The summed E-state index contributed by atoms with van der Waals surface area (Å²) < 4.78 is 4.96. The lowest BCUT2D eigenvalue weighted by atomic mass is 10.0. The molecule has 0 amide bonds. The molecule has 0 fully saturated rings. The SMILES string of the molecule is CCOC(=O)c1cccnc1-c1cccc(C#N)c1O.Cl. The highest BCUT2D eigenvalue weighted by Crippen LogP contribution is 2.32. The van der Waals surface area contributed by atoms with Gasteiger partial charge in [0, 0.05) is 11.8 Å². The van der Waals surface area contributed by atoms with E-state index in [1.54, 1.807) is 31.2 Å². The molecule has 0 unspecified atom stereocenters. The first-order valence-corrected chi connectivity index (χ1v) is 6.03. The van der Waals surface area contributed by atoms with Crippen molar-refractivity contribution in [2.75, 3.05) is 6.61 Å². The van der Waals surface area contributed by atoms with Gasteiger partial charge < -0.3 is 9.84 Å². The summed E-state index contributed by atoms with van der Waals surface area (Å²) in [4.78, 5) is 16.0. The molecule has 0 aliphatic heterocycles. The number of aromatic nitrogens is 1. The second-order valence-corrected chi connectivity index (χ2v) is 3.93. The number of nitriles is 1. The first-order chi connectivity index (χ1) is 9.69. The van der Waals surface area contributed by atoms with Gasteiger partial charge in [-0.3, -0.25) is 4.98 Å². The van der Waals surface area contributed by atoms with Crippen molar-refractivity contribution < 1.29 is 14.6 Å². The highest BCUT2D eigenvalue weighted by molar-refractivity contribution is 5.97. The zero-order chi connectivity index (χ0) is 14.5. The van der Waals surface area contributed by atoms with Gasteiger partial charge in [0.1, 0.15) is 11.8 Å². The van der Waals surface area contributed by atoms with Crippen molar-refractivity contribution in [1.29, 1.82) is 5.26 Å². The van der Waals surface area contributed by atoms with Crippen LogP contribution in [-0.2, 0) is 4.74 Å². The molecule has 1 N–H and O–H groups in total. The van der Waals surface area contributed by atoms with Crippen molar-refractivity contribution in [3.63, 3.8) is 0 Å². The van der Waals surface area contributed by atoms with Crippen molar-refractivity contribution in [2.45, 2.75) is 6.92 Å². The molecule has 1 heterocycles. The van der Waals surface area contributed by atoms with Crippen LogP contribution in [-0.4, -0.2) is 22.7 Å². The van der Waals surface area contributed by atoms with Crippen LogP contribution in [0.25, 0.3) is 11.3 Å². The molecule has 21 heavy (non-hydrogen) atoms. The summed E-state index contributed by atoms with van der Waals surface area (Å²) in [5.74, 6) is -0.711. The lowest BCUT2D eigenvalue weighted by Gasteiger charge is -2.09. The number of hydrogen-bond donors (Lipinski definition) is 1. The first kappa shape index (κ1) is 16.5. The Morgan fingerprint density at radius 2 is 2.14 bits per heavy atom. The number of halogens is 1. The van der Waals surface area contributed by atoms with Crippen molar-refractivity contribution in [3.8, 4) is 23.1 Å². The average molecular weight is 305 g/mol. The van der Waals surface area contributed by atoms with Gasteiger partial charge in [0.15, 0.2) is 0 Å². The van der Waals surface area contributed by atoms with Gasteiger partial charge in [0.25, 0.3) is 0 Å². The molecule has 0 saturated carbocycles. The number of aromatic hydroxyl groups is 1. The van der Waals surface area contributed by atoms with E-state index in [0.717, 1.165) is 0 Å². The Morgan fingerprint density at radius 3 is 2.81 bits per heavy atom. The fraction of sp³-hybridized carbons (Fsp3) is 0.133. The van der Waals surface area contributed by atoms with Crippen LogP contribution in [0.3, 0.4) is 0 Å². The Labute approximate surface area is 128 Å². The van der Waals surface area contributed by atoms with Crippen molar-refractivity contribution in [3.05, 3.63) is 47.7 Å². The molecule has 0 radical (unpaired) electrons. The molecule has 2 aromatic rings. The number of phenolic OH excluding ortho intramolecular Hbond substituents is 1. The van der Waals surface area contributed by atoms with Crippen LogP contribution in [0.2, 0.25) is 0 Å². The lowest BCUT2D eigenvalue weighted by Crippen LogP contribution is -2.07. The largest absolute Gasteiger partial charge is 0.506 e. The van der Waals surface area contributed by atoms with Crippen molar-refractivity contribution >= 4 is 18.4 Å². The molecule has 5 nitrogen and oxygen atoms in total. The van der Waals surface area contributed by atoms with E-state index >= 15 is 0 Å². The summed E-state index contributed by atoms with van der Waals surface area (Å²) in [6.07, 6.45) is 1.51. The minimum absolute atomic E-state index is 0. The van der Waals surface area contributed by atoms with Gasteiger partial charge in [-0.1, -0.05) is 6.07 Å². The van der Waals surface area contributed by atoms with Crippen LogP contribution in [0.1, 0.15) is 22.8 Å². The van der Waals surface area contributed by atoms with Crippen LogP contribution >= 0.6 is 12.4 Å². The van der Waals surface area contributed by atoms with Gasteiger partial charge >= 0.3 is 5.97 Å². The molecule has 0 spiro atoms. The Morgan fingerprint density at radius 1 is 1.38 bits per heavy atom. The van der Waals surface area contributed by atoms with E-state index in [2.05, 4.69) is 4.98 Å². The number of para-hydroxylation sites is 1. The van der Waals surface area contributed by atoms with E-state index in [9.17, 15) is 9.90 Å². The predicted octanol–water partition coefficient (Wildman–Crippen LogP) is 2.92. The van der Waals surface area contributed by atoms with Crippen LogP contribution in [0, 0.1) is 11.3 Å². The van der Waals surface area contributed by atoms with Gasteiger partial charge in [-0.25, -0.2) is 4.79 Å². The number of ether oxygens (including phenoxy) is 1. The molecule has 108 valence electrons. The maximum absolute atomic E-state index is 11.9. The Bertz CT molecular complexity index is 696. The summed E-state index contributed by atoms with van der Waals surface area (Å²) in [6.45, 7) is 1.96. The molecule has 0 aliphatic carbocycles. The zero-order valence-corrected chi connectivity index (χ0v) is 12.1. The number of nitrogens with zero attached hydrogens (tertiary/aromatic N) is 2. The van der Waals surface area contributed by atoms with Crippen molar-refractivity contribution in [2.24, 2.45) is 0 Å². The van der Waals surface area contributed by atoms with Crippen LogP contribution in [0.15, 0.2) is 36.5 Å². The van der Waals surface area contributed by atoms with Gasteiger partial charge in [-0.05, 0) is 31.2 Å². The minimum Gasteiger partial charge on any atom is -0.506 e. The minimum atomic E-state index is -0.516. The monoisotopic (exact) mass is 304 g/mol. The number of benzene rings is 1. The van der Waals surface area contributed by atoms with E-state index in [0.29, 0.717) is 11.3 Å². The summed E-state index contributed by atoms with van der Waals surface area (Å²) in [6, 6.07) is 9.78. The molecule has 2 rings (SSSR count). The van der Waals surface area contributed by atoms with Gasteiger partial charge in [-0.15, -0.1) is 12.4 Å². The third kappa shape index (κ3) is 3.30. The van der Waals surface area contributed by atoms with Crippen LogP contribution in [0.4, 0.5) is 0 Å². The van der Waals surface area contributed by atoms with E-state index in [-0.39, 0.29) is 35.9 Å². The Balaban J connectivity index is 0.00000220. The van der Waals surface area contributed by atoms with Gasteiger partial charge in [-0.2, -0.15) is 5.26 Å². The van der Waals surface area contributed by atoms with E-state index in [1.807, 2.05) is 6.07 Å². The second kappa shape index (κ2) is 7.27. The molecule has 0 atom stereocenters. The third-order valence-electron chi connectivity index (χ3n) is 2.71. The summed E-state index contributed by atoms with van der Waals surface area (Å²) in [7, 11) is 0.